The lowest BCUT2D eigenvalue weighted by molar-refractivity contribution is -0.121. The van der Waals surface area contributed by atoms with Crippen molar-refractivity contribution < 1.29 is 9.59 Å². The standard InChI is InChI=1S/C16H13N3O2S/c1-18-16(21)13(10-17)15(20)11-5-7-12(8-6-11)22-14-4-2-3-9-19-14/h2-9,13H,1H3,(H,18,21)/t13-/m0/s1. The van der Waals surface area contributed by atoms with Crippen LogP contribution in [0.15, 0.2) is 58.6 Å². The molecule has 0 bridgehead atoms. The number of aromatic nitrogens is 1. The van der Waals surface area contributed by atoms with E-state index in [1.807, 2.05) is 18.2 Å². The second-order valence-corrected chi connectivity index (χ2v) is 5.43. The topological polar surface area (TPSA) is 82.9 Å². The van der Waals surface area contributed by atoms with E-state index < -0.39 is 17.6 Å². The Balaban J connectivity index is 2.13. The molecule has 0 spiro atoms. The number of amides is 1. The molecule has 2 rings (SSSR count). The molecule has 1 heterocycles. The van der Waals surface area contributed by atoms with Crippen molar-refractivity contribution in [1.29, 1.82) is 5.26 Å². The monoisotopic (exact) mass is 311 g/mol. The molecule has 0 saturated carbocycles. The smallest absolute Gasteiger partial charge is 0.245 e. The Morgan fingerprint density at radius 3 is 2.50 bits per heavy atom. The first-order valence-corrected chi connectivity index (χ1v) is 7.31. The second kappa shape index (κ2) is 7.38. The molecule has 0 aliphatic carbocycles. The van der Waals surface area contributed by atoms with Crippen molar-refractivity contribution in [3.8, 4) is 6.07 Å². The van der Waals surface area contributed by atoms with Gasteiger partial charge in [-0.05, 0) is 24.3 Å². The molecule has 0 aliphatic heterocycles. The lowest BCUT2D eigenvalue weighted by Gasteiger charge is -2.07. The molecule has 1 amide bonds. The van der Waals surface area contributed by atoms with E-state index in [0.717, 1.165) is 9.92 Å². The zero-order valence-electron chi connectivity index (χ0n) is 11.8. The maximum atomic E-state index is 12.1. The Bertz CT molecular complexity index is 708. The first-order valence-electron chi connectivity index (χ1n) is 6.50. The summed E-state index contributed by atoms with van der Waals surface area (Å²) >= 11 is 1.47. The number of carbonyl (C=O) groups is 2. The maximum Gasteiger partial charge on any atom is 0.245 e. The molecule has 1 atom stereocenters. The minimum atomic E-state index is -1.32. The number of hydrogen-bond acceptors (Lipinski definition) is 5. The van der Waals surface area contributed by atoms with E-state index in [1.54, 1.807) is 36.5 Å². The highest BCUT2D eigenvalue weighted by Gasteiger charge is 2.26. The molecule has 5 nitrogen and oxygen atoms in total. The molecular formula is C16H13N3O2S. The Morgan fingerprint density at radius 2 is 1.95 bits per heavy atom. The number of Topliss-reactive ketones (excluding diaryl/α,β-unsaturated/α-hetero) is 1. The molecule has 110 valence electrons. The van der Waals surface area contributed by atoms with Crippen LogP contribution in [-0.4, -0.2) is 23.7 Å². The van der Waals surface area contributed by atoms with Gasteiger partial charge in [0.05, 0.1) is 6.07 Å². The summed E-state index contributed by atoms with van der Waals surface area (Å²) in [7, 11) is 1.40. The van der Waals surface area contributed by atoms with Crippen molar-refractivity contribution >= 4 is 23.5 Å². The Morgan fingerprint density at radius 1 is 1.23 bits per heavy atom. The molecule has 1 aromatic carbocycles. The zero-order chi connectivity index (χ0) is 15.9. The summed E-state index contributed by atoms with van der Waals surface area (Å²) in [4.78, 5) is 28.8. The Labute approximate surface area is 132 Å². The van der Waals surface area contributed by atoms with E-state index in [1.165, 1.54) is 18.8 Å². The molecule has 2 aromatic rings. The van der Waals surface area contributed by atoms with E-state index in [2.05, 4.69) is 10.3 Å². The predicted molar refractivity (Wildman–Crippen MR) is 82.3 cm³/mol. The van der Waals surface area contributed by atoms with Gasteiger partial charge in [-0.15, -0.1) is 0 Å². The summed E-state index contributed by atoms with van der Waals surface area (Å²) in [5, 5.41) is 12.1. The second-order valence-electron chi connectivity index (χ2n) is 4.34. The Kier molecular flexibility index (Phi) is 5.28. The highest BCUT2D eigenvalue weighted by Crippen LogP contribution is 2.26. The third kappa shape index (κ3) is 3.71. The highest BCUT2D eigenvalue weighted by molar-refractivity contribution is 7.99. The van der Waals surface area contributed by atoms with Crippen LogP contribution in [0.1, 0.15) is 10.4 Å². The van der Waals surface area contributed by atoms with Crippen LogP contribution in [0.25, 0.3) is 0 Å². The third-order valence-electron chi connectivity index (χ3n) is 2.90. The SMILES string of the molecule is CNC(=O)[C@@H](C#N)C(=O)c1ccc(Sc2ccccn2)cc1. The first kappa shape index (κ1) is 15.7. The minimum Gasteiger partial charge on any atom is -0.358 e. The van der Waals surface area contributed by atoms with Gasteiger partial charge in [-0.3, -0.25) is 9.59 Å². The van der Waals surface area contributed by atoms with Crippen molar-refractivity contribution in [2.45, 2.75) is 9.92 Å². The van der Waals surface area contributed by atoms with Crippen molar-refractivity contribution in [3.63, 3.8) is 0 Å². The third-order valence-corrected chi connectivity index (χ3v) is 3.86. The van der Waals surface area contributed by atoms with Crippen molar-refractivity contribution in [2.24, 2.45) is 5.92 Å². The summed E-state index contributed by atoms with van der Waals surface area (Å²) < 4.78 is 0. The number of pyridine rings is 1. The van der Waals surface area contributed by atoms with Crippen molar-refractivity contribution in [1.82, 2.24) is 10.3 Å². The van der Waals surface area contributed by atoms with E-state index in [4.69, 9.17) is 5.26 Å². The van der Waals surface area contributed by atoms with Crippen LogP contribution in [0.2, 0.25) is 0 Å². The Hall–Kier alpha value is -2.65. The normalized spacial score (nSPS) is 11.3. The fraction of sp³-hybridized carbons (Fsp3) is 0.125. The zero-order valence-corrected chi connectivity index (χ0v) is 12.6. The highest BCUT2D eigenvalue weighted by atomic mass is 32.2. The quantitative estimate of drug-likeness (QED) is 0.676. The summed E-state index contributed by atoms with van der Waals surface area (Å²) in [6, 6.07) is 14.1. The molecule has 22 heavy (non-hydrogen) atoms. The number of hydrogen-bond donors (Lipinski definition) is 1. The summed E-state index contributed by atoms with van der Waals surface area (Å²) in [6.45, 7) is 0. The number of carbonyl (C=O) groups excluding carboxylic acids is 2. The fourth-order valence-corrected chi connectivity index (χ4v) is 2.54. The van der Waals surface area contributed by atoms with E-state index in [0.29, 0.717) is 5.56 Å². The summed E-state index contributed by atoms with van der Waals surface area (Å²) in [5.41, 5.74) is 0.334. The fourth-order valence-electron chi connectivity index (χ4n) is 1.76. The molecule has 6 heteroatoms. The predicted octanol–water partition coefficient (Wildman–Crippen LogP) is 2.30. The largest absolute Gasteiger partial charge is 0.358 e. The van der Waals surface area contributed by atoms with Crippen LogP contribution in [0.5, 0.6) is 0 Å². The van der Waals surface area contributed by atoms with Crippen LogP contribution < -0.4 is 5.32 Å². The molecule has 0 saturated heterocycles. The van der Waals surface area contributed by atoms with Gasteiger partial charge in [-0.25, -0.2) is 4.98 Å². The molecule has 1 N–H and O–H groups in total. The van der Waals surface area contributed by atoms with Gasteiger partial charge in [-0.1, -0.05) is 30.0 Å². The van der Waals surface area contributed by atoms with E-state index >= 15 is 0 Å². The lowest BCUT2D eigenvalue weighted by Crippen LogP contribution is -2.32. The van der Waals surface area contributed by atoms with Gasteiger partial charge in [0.1, 0.15) is 5.03 Å². The van der Waals surface area contributed by atoms with Gasteiger partial charge < -0.3 is 5.32 Å². The number of ketones is 1. The summed E-state index contributed by atoms with van der Waals surface area (Å²) in [5.74, 6) is -2.42. The molecule has 0 fully saturated rings. The molecule has 0 radical (unpaired) electrons. The van der Waals surface area contributed by atoms with Gasteiger partial charge in [0.25, 0.3) is 0 Å². The number of rotatable bonds is 5. The van der Waals surface area contributed by atoms with Crippen LogP contribution in [0, 0.1) is 17.2 Å². The number of nitrogens with one attached hydrogen (secondary N) is 1. The summed E-state index contributed by atoms with van der Waals surface area (Å²) in [6.07, 6.45) is 1.71. The van der Waals surface area contributed by atoms with Crippen LogP contribution in [0.4, 0.5) is 0 Å². The maximum absolute atomic E-state index is 12.1. The molecule has 0 aliphatic rings. The van der Waals surface area contributed by atoms with E-state index in [-0.39, 0.29) is 0 Å². The van der Waals surface area contributed by atoms with Gasteiger partial charge in [0.15, 0.2) is 11.7 Å². The lowest BCUT2D eigenvalue weighted by atomic mass is 9.98. The van der Waals surface area contributed by atoms with Crippen LogP contribution in [0.3, 0.4) is 0 Å². The van der Waals surface area contributed by atoms with Gasteiger partial charge in [-0.2, -0.15) is 5.26 Å². The van der Waals surface area contributed by atoms with Gasteiger partial charge in [0.2, 0.25) is 5.91 Å². The first-order chi connectivity index (χ1) is 10.7. The minimum absolute atomic E-state index is 0.334. The van der Waals surface area contributed by atoms with Crippen LogP contribution in [-0.2, 0) is 4.79 Å². The van der Waals surface area contributed by atoms with E-state index in [9.17, 15) is 9.59 Å². The average Bonchev–Trinajstić information content (AvgIpc) is 2.56. The molecule has 1 aromatic heterocycles. The average molecular weight is 311 g/mol. The van der Waals surface area contributed by atoms with Crippen molar-refractivity contribution in [2.75, 3.05) is 7.05 Å². The molecular weight excluding hydrogens is 298 g/mol. The number of benzene rings is 1. The van der Waals surface area contributed by atoms with Crippen LogP contribution >= 0.6 is 11.8 Å². The van der Waals surface area contributed by atoms with Crippen molar-refractivity contribution in [3.05, 3.63) is 54.2 Å². The van der Waals surface area contributed by atoms with Gasteiger partial charge >= 0.3 is 0 Å². The number of nitrogens with zero attached hydrogens (tertiary/aromatic N) is 2. The number of nitriles is 1. The van der Waals surface area contributed by atoms with Gasteiger partial charge in [0, 0.05) is 23.7 Å². The molecule has 0 unspecified atom stereocenters.